The number of sulfonamides is 1. The number of alkyl halides is 4. The molecule has 0 aromatic heterocycles. The molecule has 1 amide bonds. The maximum absolute atomic E-state index is 13.1. The van der Waals surface area contributed by atoms with Crippen molar-refractivity contribution in [2.75, 3.05) is 13.1 Å². The maximum atomic E-state index is 13.1. The largest absolute Gasteiger partial charge is 0.416 e. The van der Waals surface area contributed by atoms with Crippen LogP contribution in [0.5, 0.6) is 0 Å². The Hall–Kier alpha value is -3.62. The fraction of sp³-hybridized carbons (Fsp3) is 0.433. The van der Waals surface area contributed by atoms with Gasteiger partial charge in [0.05, 0.1) is 10.5 Å². The quantitative estimate of drug-likeness (QED) is 0.149. The third-order valence-electron chi connectivity index (χ3n) is 7.27. The smallest absolute Gasteiger partial charge is 0.401 e. The SMILES string of the molecule is FC1CCN(Cc2ccc3c(c2)CCCC3)CC1.NN/C=C(\N)CCC(=O)N/C=C\NS(=O)(=O)c1cccc(C(F)(F)F)c1. The summed E-state index contributed by atoms with van der Waals surface area (Å²) in [4.78, 5) is 13.3. The third-order valence-corrected chi connectivity index (χ3v) is 8.59. The summed E-state index contributed by atoms with van der Waals surface area (Å²) in [6, 6.07) is 10.2. The molecule has 14 heteroatoms. The van der Waals surface area contributed by atoms with E-state index >= 15 is 0 Å². The van der Waals surface area contributed by atoms with Gasteiger partial charge in [-0.3, -0.25) is 20.3 Å². The number of carbonyl (C=O) groups excluding carboxylic acids is 1. The van der Waals surface area contributed by atoms with E-state index in [2.05, 4.69) is 33.8 Å². The monoisotopic (exact) mass is 640 g/mol. The van der Waals surface area contributed by atoms with Gasteiger partial charge in [-0.15, -0.1) is 0 Å². The van der Waals surface area contributed by atoms with Crippen LogP contribution in [0.1, 0.15) is 60.8 Å². The molecule has 2 aromatic carbocycles. The van der Waals surface area contributed by atoms with E-state index in [-0.39, 0.29) is 12.8 Å². The van der Waals surface area contributed by atoms with Crippen LogP contribution in [-0.4, -0.2) is 38.5 Å². The zero-order valence-corrected chi connectivity index (χ0v) is 25.2. The number of nitrogens with one attached hydrogen (secondary N) is 3. The Morgan fingerprint density at radius 1 is 1.00 bits per heavy atom. The maximum Gasteiger partial charge on any atom is 0.416 e. The first-order chi connectivity index (χ1) is 20.9. The zero-order chi connectivity index (χ0) is 32.2. The minimum atomic E-state index is -4.66. The summed E-state index contributed by atoms with van der Waals surface area (Å²) in [5.41, 5.74) is 11.5. The summed E-state index contributed by atoms with van der Waals surface area (Å²) in [6.07, 6.45) is 4.83. The van der Waals surface area contributed by atoms with Crippen molar-refractivity contribution in [3.63, 3.8) is 0 Å². The van der Waals surface area contributed by atoms with E-state index in [1.165, 1.54) is 37.4 Å². The fourth-order valence-electron chi connectivity index (χ4n) is 4.88. The number of fused-ring (bicyclic) bond motifs is 1. The van der Waals surface area contributed by atoms with Crippen molar-refractivity contribution >= 4 is 15.9 Å². The fourth-order valence-corrected chi connectivity index (χ4v) is 5.80. The summed E-state index contributed by atoms with van der Waals surface area (Å²) in [5.74, 6) is 4.56. The molecule has 1 aliphatic heterocycles. The van der Waals surface area contributed by atoms with Crippen LogP contribution in [0.3, 0.4) is 0 Å². The molecular weight excluding hydrogens is 600 g/mol. The van der Waals surface area contributed by atoms with Gasteiger partial charge in [-0.05, 0) is 79.8 Å². The molecule has 4 rings (SSSR count). The highest BCUT2D eigenvalue weighted by Gasteiger charge is 2.31. The lowest BCUT2D eigenvalue weighted by Gasteiger charge is -2.29. The average Bonchev–Trinajstić information content (AvgIpc) is 2.99. The van der Waals surface area contributed by atoms with Crippen molar-refractivity contribution in [2.24, 2.45) is 11.6 Å². The third kappa shape index (κ3) is 11.5. The first-order valence-electron chi connectivity index (χ1n) is 14.4. The number of hydrogen-bond acceptors (Lipinski definition) is 7. The Bertz CT molecular complexity index is 1410. The van der Waals surface area contributed by atoms with Gasteiger partial charge in [-0.2, -0.15) is 13.2 Å². The minimum Gasteiger partial charge on any atom is -0.401 e. The molecule has 242 valence electrons. The van der Waals surface area contributed by atoms with E-state index in [0.29, 0.717) is 24.6 Å². The lowest BCUT2D eigenvalue weighted by molar-refractivity contribution is -0.137. The van der Waals surface area contributed by atoms with Crippen LogP contribution in [0.15, 0.2) is 71.7 Å². The van der Waals surface area contributed by atoms with Crippen molar-refractivity contribution < 1.29 is 30.8 Å². The van der Waals surface area contributed by atoms with Crippen molar-refractivity contribution in [1.29, 1.82) is 0 Å². The van der Waals surface area contributed by atoms with Crippen molar-refractivity contribution in [1.82, 2.24) is 20.4 Å². The number of nitrogens with zero attached hydrogens (tertiary/aromatic N) is 1. The van der Waals surface area contributed by atoms with Gasteiger partial charge < -0.3 is 16.5 Å². The number of piperidine rings is 1. The molecule has 9 nitrogen and oxygen atoms in total. The van der Waals surface area contributed by atoms with Gasteiger partial charge in [-0.1, -0.05) is 24.3 Å². The highest BCUT2D eigenvalue weighted by atomic mass is 32.2. The van der Waals surface area contributed by atoms with E-state index in [4.69, 9.17) is 11.6 Å². The number of rotatable bonds is 10. The van der Waals surface area contributed by atoms with Crippen LogP contribution in [0.4, 0.5) is 17.6 Å². The molecule has 7 N–H and O–H groups in total. The highest BCUT2D eigenvalue weighted by Crippen LogP contribution is 2.30. The molecule has 0 spiro atoms. The summed E-state index contributed by atoms with van der Waals surface area (Å²) >= 11 is 0. The average molecular weight is 641 g/mol. The van der Waals surface area contributed by atoms with Gasteiger partial charge in [-0.25, -0.2) is 12.8 Å². The van der Waals surface area contributed by atoms with E-state index in [1.807, 2.05) is 4.72 Å². The molecule has 1 fully saturated rings. The van der Waals surface area contributed by atoms with Crippen molar-refractivity contribution in [3.8, 4) is 0 Å². The number of benzene rings is 2. The van der Waals surface area contributed by atoms with E-state index in [9.17, 15) is 30.8 Å². The van der Waals surface area contributed by atoms with Crippen LogP contribution in [-0.2, 0) is 40.4 Å². The summed E-state index contributed by atoms with van der Waals surface area (Å²) in [7, 11) is -4.21. The predicted octanol–water partition coefficient (Wildman–Crippen LogP) is 4.11. The number of amides is 1. The molecule has 1 aliphatic carbocycles. The van der Waals surface area contributed by atoms with Crippen LogP contribution in [0, 0.1) is 0 Å². The molecule has 0 radical (unpaired) electrons. The second-order valence-corrected chi connectivity index (χ2v) is 12.4. The van der Waals surface area contributed by atoms with Gasteiger partial charge in [0.1, 0.15) is 6.17 Å². The lowest BCUT2D eigenvalue weighted by Crippen LogP contribution is -2.33. The number of hydrazine groups is 1. The molecule has 0 saturated carbocycles. The Morgan fingerprint density at radius 2 is 1.70 bits per heavy atom. The topological polar surface area (TPSA) is 143 Å². The number of nitrogens with two attached hydrogens (primary N) is 2. The molecule has 0 atom stereocenters. The number of hydrogen-bond donors (Lipinski definition) is 5. The second kappa shape index (κ2) is 16.5. The first kappa shape index (κ1) is 34.9. The van der Waals surface area contributed by atoms with E-state index in [0.717, 1.165) is 50.2 Å². The second-order valence-electron chi connectivity index (χ2n) is 10.7. The number of likely N-dealkylation sites (tertiary alicyclic amines) is 1. The first-order valence-corrected chi connectivity index (χ1v) is 15.9. The Kier molecular flexibility index (Phi) is 13.0. The molecule has 2 aliphatic rings. The van der Waals surface area contributed by atoms with Crippen molar-refractivity contribution in [3.05, 3.63) is 89.0 Å². The summed E-state index contributed by atoms with van der Waals surface area (Å²) in [6.45, 7) is 2.83. The molecule has 1 heterocycles. The van der Waals surface area contributed by atoms with Crippen molar-refractivity contribution in [2.45, 2.75) is 75.2 Å². The predicted molar refractivity (Wildman–Crippen MR) is 160 cm³/mol. The molecule has 2 aromatic rings. The van der Waals surface area contributed by atoms with Crippen LogP contribution in [0.25, 0.3) is 0 Å². The number of aryl methyl sites for hydroxylation is 2. The molecule has 0 unspecified atom stereocenters. The summed E-state index contributed by atoms with van der Waals surface area (Å²) < 4.78 is 76.8. The summed E-state index contributed by atoms with van der Waals surface area (Å²) in [5, 5.41) is 2.28. The van der Waals surface area contributed by atoms with Crippen LogP contribution < -0.4 is 27.0 Å². The standard InChI is InChI=1S/C16H22FN.C14H18F3N5O3S/c17-16-7-9-18(10-8-16)12-13-5-6-14-3-1-2-4-15(14)11-13;15-14(16,17)10-2-1-3-12(8-10)26(24,25)22-7-6-20-13(23)5-4-11(18)9-21-19/h5-6,11,16H,1-4,7-10,12H2;1-3,6-9,21-22H,4-5,18-19H2,(H,20,23)/b;7-6-,11-9-. The number of halogens is 4. The normalized spacial score (nSPS) is 16.5. The Morgan fingerprint density at radius 3 is 2.39 bits per heavy atom. The number of allylic oxidation sites excluding steroid dienone is 1. The molecule has 0 bridgehead atoms. The zero-order valence-electron chi connectivity index (χ0n) is 24.4. The van der Waals surface area contributed by atoms with Gasteiger partial charge in [0.25, 0.3) is 10.0 Å². The Labute approximate surface area is 255 Å². The van der Waals surface area contributed by atoms with Gasteiger partial charge >= 0.3 is 6.18 Å². The van der Waals surface area contributed by atoms with Crippen LogP contribution in [0.2, 0.25) is 0 Å². The van der Waals surface area contributed by atoms with E-state index in [1.54, 1.807) is 11.1 Å². The lowest BCUT2D eigenvalue weighted by atomic mass is 9.90. The molecule has 44 heavy (non-hydrogen) atoms. The van der Waals surface area contributed by atoms with E-state index < -0.39 is 38.7 Å². The van der Waals surface area contributed by atoms with Gasteiger partial charge in [0.2, 0.25) is 5.91 Å². The number of carbonyl (C=O) groups is 1. The minimum absolute atomic E-state index is 0.0226. The highest BCUT2D eigenvalue weighted by molar-refractivity contribution is 7.89. The van der Waals surface area contributed by atoms with Crippen LogP contribution >= 0.6 is 0 Å². The van der Waals surface area contributed by atoms with Gasteiger partial charge in [0, 0.05) is 50.4 Å². The Balaban J connectivity index is 0.000000255. The molecule has 1 saturated heterocycles. The van der Waals surface area contributed by atoms with Gasteiger partial charge in [0.15, 0.2) is 0 Å². The molecular formula is C30H40F4N6O3S.